The van der Waals surface area contributed by atoms with Crippen LogP contribution in [0.1, 0.15) is 11.5 Å². The minimum absolute atomic E-state index is 0.137. The number of methoxy groups -OCH3 is 3. The number of rotatable bonds is 8. The molecule has 0 spiro atoms. The second-order valence-electron chi connectivity index (χ2n) is 5.49. The number of carbonyl (C=O) groups is 1. The number of hydrogen-bond acceptors (Lipinski definition) is 9. The molecular formula is C19H17BrN2O7. The van der Waals surface area contributed by atoms with Gasteiger partial charge in [-0.25, -0.2) is 4.79 Å². The summed E-state index contributed by atoms with van der Waals surface area (Å²) in [5.74, 6) is 1.66. The van der Waals surface area contributed by atoms with Gasteiger partial charge in [0.2, 0.25) is 0 Å². The molecule has 10 heteroatoms. The number of furan rings is 1. The van der Waals surface area contributed by atoms with Crippen LogP contribution in [0.2, 0.25) is 0 Å². The maximum atomic E-state index is 12.0. The van der Waals surface area contributed by atoms with Crippen LogP contribution in [0.4, 0.5) is 0 Å². The number of ether oxygens (including phenoxy) is 4. The normalized spacial score (nSPS) is 10.9. The third-order valence-corrected chi connectivity index (χ3v) is 4.15. The zero-order valence-electron chi connectivity index (χ0n) is 15.8. The summed E-state index contributed by atoms with van der Waals surface area (Å²) in [6.07, 6.45) is 2.80. The Labute approximate surface area is 174 Å². The molecule has 0 aliphatic carbocycles. The molecule has 1 aromatic carbocycles. The molecule has 152 valence electrons. The van der Waals surface area contributed by atoms with Gasteiger partial charge in [0, 0.05) is 17.7 Å². The molecule has 0 saturated heterocycles. The van der Waals surface area contributed by atoms with Crippen molar-refractivity contribution in [3.63, 3.8) is 0 Å². The van der Waals surface area contributed by atoms with Gasteiger partial charge < -0.3 is 27.8 Å². The van der Waals surface area contributed by atoms with Gasteiger partial charge in [0.15, 0.2) is 28.5 Å². The van der Waals surface area contributed by atoms with Crippen molar-refractivity contribution in [2.24, 2.45) is 0 Å². The molecule has 29 heavy (non-hydrogen) atoms. The van der Waals surface area contributed by atoms with Gasteiger partial charge in [-0.3, -0.25) is 0 Å². The van der Waals surface area contributed by atoms with Gasteiger partial charge in [-0.15, -0.1) is 10.2 Å². The summed E-state index contributed by atoms with van der Waals surface area (Å²) < 4.78 is 32.2. The van der Waals surface area contributed by atoms with Crippen molar-refractivity contribution in [2.75, 3.05) is 21.3 Å². The number of aromatic nitrogens is 2. The van der Waals surface area contributed by atoms with E-state index < -0.39 is 5.97 Å². The van der Waals surface area contributed by atoms with Crippen molar-refractivity contribution in [3.05, 3.63) is 46.5 Å². The van der Waals surface area contributed by atoms with Crippen LogP contribution >= 0.6 is 15.9 Å². The van der Waals surface area contributed by atoms with Crippen LogP contribution in [0, 0.1) is 0 Å². The van der Waals surface area contributed by atoms with Crippen LogP contribution in [-0.2, 0) is 16.1 Å². The summed E-state index contributed by atoms with van der Waals surface area (Å²) in [7, 11) is 4.56. The van der Waals surface area contributed by atoms with Gasteiger partial charge in [0.1, 0.15) is 5.75 Å². The smallest absolute Gasteiger partial charge is 0.331 e. The van der Waals surface area contributed by atoms with E-state index >= 15 is 0 Å². The average Bonchev–Trinajstić information content (AvgIpc) is 3.38. The Hall–Kier alpha value is -3.27. The first-order valence-corrected chi connectivity index (χ1v) is 9.06. The molecule has 0 amide bonds. The van der Waals surface area contributed by atoms with Crippen molar-refractivity contribution >= 4 is 28.0 Å². The minimum Gasteiger partial charge on any atom is -0.496 e. The molecule has 0 aliphatic rings. The van der Waals surface area contributed by atoms with Crippen molar-refractivity contribution in [1.29, 1.82) is 0 Å². The zero-order valence-corrected chi connectivity index (χ0v) is 17.4. The lowest BCUT2D eigenvalue weighted by molar-refractivity contribution is -0.139. The predicted octanol–water partition coefficient (Wildman–Crippen LogP) is 3.87. The fraction of sp³-hybridized carbons (Fsp3) is 0.211. The van der Waals surface area contributed by atoms with Gasteiger partial charge in [0.05, 0.1) is 21.3 Å². The molecule has 0 fully saturated rings. The van der Waals surface area contributed by atoms with E-state index in [4.69, 9.17) is 27.8 Å². The number of carbonyl (C=O) groups excluding carboxylic acids is 1. The molecule has 3 rings (SSSR count). The molecule has 2 heterocycles. The Kier molecular flexibility index (Phi) is 6.55. The minimum atomic E-state index is -0.595. The maximum Gasteiger partial charge on any atom is 0.331 e. The number of hydrogen-bond donors (Lipinski definition) is 0. The number of benzene rings is 1. The van der Waals surface area contributed by atoms with Crippen LogP contribution in [-0.4, -0.2) is 37.5 Å². The maximum absolute atomic E-state index is 12.0. The lowest BCUT2D eigenvalue weighted by Gasteiger charge is -2.12. The van der Waals surface area contributed by atoms with Crippen molar-refractivity contribution < 1.29 is 32.6 Å². The molecule has 0 saturated carbocycles. The summed E-state index contributed by atoms with van der Waals surface area (Å²) in [5, 5.41) is 7.66. The van der Waals surface area contributed by atoms with Crippen molar-refractivity contribution in [1.82, 2.24) is 10.2 Å². The van der Waals surface area contributed by atoms with E-state index in [1.807, 2.05) is 0 Å². The number of halogens is 1. The average molecular weight is 465 g/mol. The van der Waals surface area contributed by atoms with E-state index in [1.54, 1.807) is 30.3 Å². The van der Waals surface area contributed by atoms with E-state index in [0.717, 1.165) is 0 Å². The molecule has 0 atom stereocenters. The third kappa shape index (κ3) is 4.96. The molecule has 0 N–H and O–H groups in total. The Morgan fingerprint density at radius 2 is 1.76 bits per heavy atom. The van der Waals surface area contributed by atoms with Crippen LogP contribution in [0.25, 0.3) is 17.7 Å². The van der Waals surface area contributed by atoms with Crippen LogP contribution in [0.15, 0.2) is 43.8 Å². The summed E-state index contributed by atoms with van der Waals surface area (Å²) in [5.41, 5.74) is 0.616. The molecule has 2 aromatic heterocycles. The van der Waals surface area contributed by atoms with Gasteiger partial charge in [0.25, 0.3) is 11.8 Å². The van der Waals surface area contributed by atoms with Gasteiger partial charge in [-0.05, 0) is 40.2 Å². The molecular weight excluding hydrogens is 448 g/mol. The molecule has 3 aromatic rings. The third-order valence-electron chi connectivity index (χ3n) is 3.72. The number of esters is 1. The first kappa shape index (κ1) is 20.5. The predicted molar refractivity (Wildman–Crippen MR) is 105 cm³/mol. The first-order valence-electron chi connectivity index (χ1n) is 8.27. The van der Waals surface area contributed by atoms with Gasteiger partial charge >= 0.3 is 5.97 Å². The molecule has 0 bridgehead atoms. The Bertz CT molecular complexity index is 1030. The van der Waals surface area contributed by atoms with Crippen molar-refractivity contribution in [2.45, 2.75) is 6.61 Å². The summed E-state index contributed by atoms with van der Waals surface area (Å²) >= 11 is 3.19. The fourth-order valence-corrected chi connectivity index (χ4v) is 2.67. The fourth-order valence-electron chi connectivity index (χ4n) is 2.36. The molecule has 0 unspecified atom stereocenters. The number of nitrogens with zero attached hydrogens (tertiary/aromatic N) is 2. The highest BCUT2D eigenvalue weighted by molar-refractivity contribution is 9.10. The van der Waals surface area contributed by atoms with E-state index in [1.165, 1.54) is 27.4 Å². The SMILES string of the molecule is COc1cc(OC)c(OC)cc1/C=C/C(=O)OCc1nnc(-c2ccc(Br)o2)o1. The highest BCUT2D eigenvalue weighted by Gasteiger charge is 2.14. The highest BCUT2D eigenvalue weighted by Crippen LogP contribution is 2.35. The Morgan fingerprint density at radius 3 is 2.41 bits per heavy atom. The summed E-state index contributed by atoms with van der Waals surface area (Å²) in [6, 6.07) is 6.73. The Balaban J connectivity index is 1.64. The lowest BCUT2D eigenvalue weighted by atomic mass is 10.1. The largest absolute Gasteiger partial charge is 0.496 e. The molecule has 9 nitrogen and oxygen atoms in total. The summed E-state index contributed by atoms with van der Waals surface area (Å²) in [6.45, 7) is -0.179. The second-order valence-corrected chi connectivity index (χ2v) is 6.28. The quantitative estimate of drug-likeness (QED) is 0.362. The van der Waals surface area contributed by atoms with Crippen LogP contribution in [0.3, 0.4) is 0 Å². The zero-order chi connectivity index (χ0) is 20.8. The van der Waals surface area contributed by atoms with Gasteiger partial charge in [-0.2, -0.15) is 0 Å². The summed E-state index contributed by atoms with van der Waals surface area (Å²) in [4.78, 5) is 12.0. The molecule has 0 radical (unpaired) electrons. The lowest BCUT2D eigenvalue weighted by Crippen LogP contribution is -2.01. The monoisotopic (exact) mass is 464 g/mol. The topological polar surface area (TPSA) is 106 Å². The van der Waals surface area contributed by atoms with Crippen LogP contribution < -0.4 is 14.2 Å². The molecule has 0 aliphatic heterocycles. The second kappa shape index (κ2) is 9.28. The van der Waals surface area contributed by atoms with Crippen molar-refractivity contribution in [3.8, 4) is 28.9 Å². The standard InChI is InChI=1S/C19H17BrN2O7/c1-24-13-9-15(26-3)14(25-2)8-11(13)4-7-18(23)27-10-17-21-22-19(29-17)12-5-6-16(20)28-12/h4-9H,10H2,1-3H3/b7-4+. The van der Waals surface area contributed by atoms with E-state index in [-0.39, 0.29) is 18.4 Å². The first-order chi connectivity index (χ1) is 14.0. The van der Waals surface area contributed by atoms with E-state index in [9.17, 15) is 4.79 Å². The van der Waals surface area contributed by atoms with Crippen LogP contribution in [0.5, 0.6) is 17.2 Å². The van der Waals surface area contributed by atoms with E-state index in [2.05, 4.69) is 26.1 Å². The Morgan fingerprint density at radius 1 is 1.03 bits per heavy atom. The highest BCUT2D eigenvalue weighted by atomic mass is 79.9. The van der Waals surface area contributed by atoms with E-state index in [0.29, 0.717) is 33.2 Å². The van der Waals surface area contributed by atoms with Gasteiger partial charge in [-0.1, -0.05) is 0 Å².